The molecule has 130 valence electrons. The predicted octanol–water partition coefficient (Wildman–Crippen LogP) is 4.05. The average molecular weight is 355 g/mol. The van der Waals surface area contributed by atoms with Gasteiger partial charge in [-0.25, -0.2) is 4.68 Å². The number of aryl methyl sites for hydroxylation is 1. The van der Waals surface area contributed by atoms with Gasteiger partial charge in [0.25, 0.3) is 5.91 Å². The Morgan fingerprint density at radius 3 is 2.68 bits per heavy atom. The molecule has 0 bridgehead atoms. The molecule has 25 heavy (non-hydrogen) atoms. The van der Waals surface area contributed by atoms with Gasteiger partial charge in [-0.05, 0) is 24.5 Å². The minimum atomic E-state index is -0.204. The van der Waals surface area contributed by atoms with Crippen molar-refractivity contribution < 1.29 is 4.79 Å². The molecule has 0 unspecified atom stereocenters. The summed E-state index contributed by atoms with van der Waals surface area (Å²) < 4.78 is 1.82. The van der Waals surface area contributed by atoms with Crippen LogP contribution in [-0.2, 0) is 6.42 Å². The van der Waals surface area contributed by atoms with Crippen molar-refractivity contribution in [3.05, 3.63) is 52.8 Å². The zero-order chi connectivity index (χ0) is 17.8. The molecule has 0 aliphatic rings. The highest BCUT2D eigenvalue weighted by Crippen LogP contribution is 2.24. The van der Waals surface area contributed by atoms with Gasteiger partial charge in [0.05, 0.1) is 23.1 Å². The van der Waals surface area contributed by atoms with E-state index in [-0.39, 0.29) is 11.8 Å². The molecule has 1 aromatic carbocycles. The van der Waals surface area contributed by atoms with Gasteiger partial charge >= 0.3 is 0 Å². The number of nitrogens with one attached hydrogen (secondary N) is 1. The van der Waals surface area contributed by atoms with E-state index in [1.165, 1.54) is 11.3 Å². The minimum absolute atomic E-state index is 0.147. The Labute approximate surface area is 150 Å². The summed E-state index contributed by atoms with van der Waals surface area (Å²) in [5.41, 5.74) is 2.37. The fourth-order valence-corrected chi connectivity index (χ4v) is 3.48. The molecule has 6 nitrogen and oxygen atoms in total. The van der Waals surface area contributed by atoms with Crippen LogP contribution in [0.5, 0.6) is 0 Å². The molecule has 0 aliphatic heterocycles. The number of aromatic nitrogens is 4. The van der Waals surface area contributed by atoms with Crippen LogP contribution in [0.3, 0.4) is 0 Å². The number of anilines is 1. The van der Waals surface area contributed by atoms with Gasteiger partial charge in [0.1, 0.15) is 5.01 Å². The van der Waals surface area contributed by atoms with Crippen molar-refractivity contribution in [2.45, 2.75) is 39.5 Å². The molecule has 0 radical (unpaired) electrons. The van der Waals surface area contributed by atoms with E-state index in [1.54, 1.807) is 6.20 Å². The molecule has 2 heterocycles. The van der Waals surface area contributed by atoms with E-state index < -0.39 is 0 Å². The highest BCUT2D eigenvalue weighted by Gasteiger charge is 2.21. The number of hydrogen-bond acceptors (Lipinski definition) is 5. The van der Waals surface area contributed by atoms with Crippen LogP contribution in [0.15, 0.2) is 36.5 Å². The maximum atomic E-state index is 12.7. The van der Waals surface area contributed by atoms with Crippen LogP contribution in [0.25, 0.3) is 5.69 Å². The Hall–Kier alpha value is -2.54. The summed E-state index contributed by atoms with van der Waals surface area (Å²) in [5.74, 6) is -0.0568. The maximum absolute atomic E-state index is 12.7. The third-order valence-corrected chi connectivity index (χ3v) is 4.65. The topological polar surface area (TPSA) is 72.7 Å². The van der Waals surface area contributed by atoms with E-state index in [1.807, 2.05) is 35.0 Å². The van der Waals surface area contributed by atoms with Crippen molar-refractivity contribution in [1.29, 1.82) is 0 Å². The molecule has 1 amide bonds. The largest absolute Gasteiger partial charge is 0.296 e. The zero-order valence-corrected chi connectivity index (χ0v) is 15.4. The molecule has 2 aromatic heterocycles. The second-order valence-corrected chi connectivity index (χ2v) is 7.11. The van der Waals surface area contributed by atoms with Gasteiger partial charge in [0.15, 0.2) is 0 Å². The van der Waals surface area contributed by atoms with Gasteiger partial charge < -0.3 is 0 Å². The predicted molar refractivity (Wildman–Crippen MR) is 99.5 cm³/mol. The van der Waals surface area contributed by atoms with Gasteiger partial charge in [-0.2, -0.15) is 5.10 Å². The third kappa shape index (κ3) is 3.76. The second kappa shape index (κ2) is 7.57. The van der Waals surface area contributed by atoms with E-state index >= 15 is 0 Å². The first-order valence-electron chi connectivity index (χ1n) is 8.37. The first kappa shape index (κ1) is 17.3. The Balaban J connectivity index is 1.88. The van der Waals surface area contributed by atoms with Crippen LogP contribution in [0.1, 0.15) is 54.2 Å². The zero-order valence-electron chi connectivity index (χ0n) is 14.6. The molecule has 0 atom stereocenters. The number of carbonyl (C=O) groups is 1. The molecular formula is C18H21N5OS. The summed E-state index contributed by atoms with van der Waals surface area (Å²) in [6, 6.07) is 9.82. The Morgan fingerprint density at radius 1 is 1.24 bits per heavy atom. The van der Waals surface area contributed by atoms with Crippen molar-refractivity contribution in [3.8, 4) is 5.69 Å². The standard InChI is InChI=1S/C18H21N5OS/c1-4-8-15-21-22-18(25-15)20-17(24)14-11-19-23(16(14)12(2)3)13-9-6-5-7-10-13/h5-7,9-12H,4,8H2,1-3H3,(H,20,22,24). The molecule has 0 aliphatic carbocycles. The number of hydrogen-bond donors (Lipinski definition) is 1. The highest BCUT2D eigenvalue weighted by atomic mass is 32.1. The van der Waals surface area contributed by atoms with E-state index in [4.69, 9.17) is 0 Å². The van der Waals surface area contributed by atoms with Crippen molar-refractivity contribution in [3.63, 3.8) is 0 Å². The molecule has 0 saturated heterocycles. The third-order valence-electron chi connectivity index (χ3n) is 3.75. The summed E-state index contributed by atoms with van der Waals surface area (Å²) in [4.78, 5) is 12.7. The summed E-state index contributed by atoms with van der Waals surface area (Å²) in [7, 11) is 0. The van der Waals surface area contributed by atoms with Crippen LogP contribution < -0.4 is 5.32 Å². The van der Waals surface area contributed by atoms with Crippen LogP contribution >= 0.6 is 11.3 Å². The van der Waals surface area contributed by atoms with Crippen molar-refractivity contribution in [1.82, 2.24) is 20.0 Å². The molecule has 3 rings (SSSR count). The van der Waals surface area contributed by atoms with Gasteiger partial charge in [-0.3, -0.25) is 10.1 Å². The Morgan fingerprint density at radius 2 is 2.00 bits per heavy atom. The molecule has 0 spiro atoms. The maximum Gasteiger partial charge on any atom is 0.260 e. The first-order chi connectivity index (χ1) is 12.1. The molecule has 0 saturated carbocycles. The molecular weight excluding hydrogens is 334 g/mol. The number of benzene rings is 1. The van der Waals surface area contributed by atoms with Crippen LogP contribution in [-0.4, -0.2) is 25.9 Å². The summed E-state index contributed by atoms with van der Waals surface area (Å²) in [6.07, 6.45) is 3.49. The second-order valence-electron chi connectivity index (χ2n) is 6.05. The number of rotatable bonds is 6. The molecule has 0 fully saturated rings. The van der Waals surface area contributed by atoms with Crippen molar-refractivity contribution >= 4 is 22.4 Å². The molecule has 7 heteroatoms. The lowest BCUT2D eigenvalue weighted by Gasteiger charge is -2.12. The quantitative estimate of drug-likeness (QED) is 0.724. The summed E-state index contributed by atoms with van der Waals surface area (Å²) >= 11 is 1.42. The van der Waals surface area contributed by atoms with E-state index in [9.17, 15) is 4.79 Å². The monoisotopic (exact) mass is 355 g/mol. The van der Waals surface area contributed by atoms with Gasteiger partial charge in [0, 0.05) is 6.42 Å². The van der Waals surface area contributed by atoms with Crippen molar-refractivity contribution in [2.75, 3.05) is 5.32 Å². The molecule has 3 aromatic rings. The summed E-state index contributed by atoms with van der Waals surface area (Å²) in [5, 5.41) is 16.9. The van der Waals surface area contributed by atoms with Gasteiger partial charge in [0.2, 0.25) is 5.13 Å². The Bertz CT molecular complexity index is 853. The smallest absolute Gasteiger partial charge is 0.260 e. The SMILES string of the molecule is CCCc1nnc(NC(=O)c2cnn(-c3ccccc3)c2C(C)C)s1. The van der Waals surface area contributed by atoms with Crippen molar-refractivity contribution in [2.24, 2.45) is 0 Å². The summed E-state index contributed by atoms with van der Waals surface area (Å²) in [6.45, 7) is 6.20. The van der Waals surface area contributed by atoms with E-state index in [0.717, 1.165) is 29.2 Å². The van der Waals surface area contributed by atoms with Gasteiger partial charge in [-0.1, -0.05) is 50.3 Å². The van der Waals surface area contributed by atoms with Crippen LogP contribution in [0.4, 0.5) is 5.13 Å². The number of nitrogens with zero attached hydrogens (tertiary/aromatic N) is 4. The minimum Gasteiger partial charge on any atom is -0.296 e. The van der Waals surface area contributed by atoms with E-state index in [0.29, 0.717) is 10.7 Å². The van der Waals surface area contributed by atoms with Crippen LogP contribution in [0, 0.1) is 0 Å². The normalized spacial score (nSPS) is 11.0. The van der Waals surface area contributed by atoms with Crippen LogP contribution in [0.2, 0.25) is 0 Å². The number of amides is 1. The van der Waals surface area contributed by atoms with Gasteiger partial charge in [-0.15, -0.1) is 10.2 Å². The Kier molecular flexibility index (Phi) is 5.23. The lowest BCUT2D eigenvalue weighted by atomic mass is 10.1. The number of carbonyl (C=O) groups excluding carboxylic acids is 1. The first-order valence-corrected chi connectivity index (χ1v) is 9.18. The number of para-hydroxylation sites is 1. The lowest BCUT2D eigenvalue weighted by Crippen LogP contribution is -2.15. The molecule has 1 N–H and O–H groups in total. The lowest BCUT2D eigenvalue weighted by molar-refractivity contribution is 0.102. The highest BCUT2D eigenvalue weighted by molar-refractivity contribution is 7.15. The van der Waals surface area contributed by atoms with E-state index in [2.05, 4.69) is 41.4 Å². The average Bonchev–Trinajstić information content (AvgIpc) is 3.23. The fourth-order valence-electron chi connectivity index (χ4n) is 2.65. The fraction of sp³-hybridized carbons (Fsp3) is 0.333.